The highest BCUT2D eigenvalue weighted by Crippen LogP contribution is 2.29. The van der Waals surface area contributed by atoms with Gasteiger partial charge in [0.2, 0.25) is 5.91 Å². The molecule has 0 aromatic heterocycles. The van der Waals surface area contributed by atoms with Gasteiger partial charge in [-0.3, -0.25) is 4.79 Å². The molecule has 1 aliphatic heterocycles. The Morgan fingerprint density at radius 2 is 2.11 bits per heavy atom. The minimum Gasteiger partial charge on any atom is -0.352 e. The third-order valence-electron chi connectivity index (χ3n) is 4.08. The SMILES string of the molecule is CCSC1CCCCC1NC(=O)C1CCCNC1. The van der Waals surface area contributed by atoms with Gasteiger partial charge >= 0.3 is 0 Å². The number of nitrogens with one attached hydrogen (secondary N) is 2. The van der Waals surface area contributed by atoms with E-state index in [1.165, 1.54) is 25.7 Å². The molecule has 1 amide bonds. The number of amides is 1. The molecule has 0 aromatic carbocycles. The number of hydrogen-bond acceptors (Lipinski definition) is 3. The van der Waals surface area contributed by atoms with Gasteiger partial charge in [-0.2, -0.15) is 11.8 Å². The van der Waals surface area contributed by atoms with Gasteiger partial charge in [0, 0.05) is 17.8 Å². The molecular formula is C14H26N2OS. The summed E-state index contributed by atoms with van der Waals surface area (Å²) < 4.78 is 0. The molecule has 0 bridgehead atoms. The summed E-state index contributed by atoms with van der Waals surface area (Å²) in [7, 11) is 0. The Labute approximate surface area is 115 Å². The molecule has 1 saturated heterocycles. The third kappa shape index (κ3) is 3.89. The highest BCUT2D eigenvalue weighted by Gasteiger charge is 2.29. The summed E-state index contributed by atoms with van der Waals surface area (Å²) >= 11 is 2.02. The van der Waals surface area contributed by atoms with Crippen molar-refractivity contribution in [2.75, 3.05) is 18.8 Å². The first-order valence-electron chi connectivity index (χ1n) is 7.44. The van der Waals surface area contributed by atoms with Gasteiger partial charge in [-0.15, -0.1) is 0 Å². The average Bonchev–Trinajstić information content (AvgIpc) is 2.42. The second kappa shape index (κ2) is 7.39. The molecule has 3 nitrogen and oxygen atoms in total. The van der Waals surface area contributed by atoms with Crippen molar-refractivity contribution in [1.29, 1.82) is 0 Å². The maximum absolute atomic E-state index is 12.3. The van der Waals surface area contributed by atoms with Crippen molar-refractivity contribution in [2.24, 2.45) is 5.92 Å². The number of rotatable bonds is 4. The van der Waals surface area contributed by atoms with E-state index in [1.807, 2.05) is 11.8 Å². The van der Waals surface area contributed by atoms with Crippen molar-refractivity contribution < 1.29 is 4.79 Å². The quantitative estimate of drug-likeness (QED) is 0.822. The van der Waals surface area contributed by atoms with Crippen LogP contribution in [0.4, 0.5) is 0 Å². The Balaban J connectivity index is 1.83. The Hall–Kier alpha value is -0.220. The van der Waals surface area contributed by atoms with Gasteiger partial charge in [0.1, 0.15) is 0 Å². The minimum atomic E-state index is 0.202. The van der Waals surface area contributed by atoms with Crippen LogP contribution < -0.4 is 10.6 Å². The monoisotopic (exact) mass is 270 g/mol. The Kier molecular flexibility index (Phi) is 5.83. The molecule has 0 spiro atoms. The summed E-state index contributed by atoms with van der Waals surface area (Å²) in [6, 6.07) is 0.415. The standard InChI is InChI=1S/C14H26N2OS/c1-2-18-13-8-4-3-7-12(13)16-14(17)11-6-5-9-15-10-11/h11-13,15H,2-10H2,1H3,(H,16,17). The van der Waals surface area contributed by atoms with E-state index in [9.17, 15) is 4.79 Å². The van der Waals surface area contributed by atoms with Crippen LogP contribution in [0.2, 0.25) is 0 Å². The van der Waals surface area contributed by atoms with Crippen LogP contribution in [0.1, 0.15) is 45.4 Å². The van der Waals surface area contributed by atoms with Crippen molar-refractivity contribution in [3.05, 3.63) is 0 Å². The van der Waals surface area contributed by atoms with Crippen LogP contribution in [0, 0.1) is 5.92 Å². The van der Waals surface area contributed by atoms with Crippen LogP contribution in [0.5, 0.6) is 0 Å². The second-order valence-corrected chi connectivity index (χ2v) is 6.95. The number of carbonyl (C=O) groups excluding carboxylic acids is 1. The first kappa shape index (κ1) is 14.2. The van der Waals surface area contributed by atoms with Crippen LogP contribution in [-0.4, -0.2) is 36.0 Å². The van der Waals surface area contributed by atoms with Crippen molar-refractivity contribution in [2.45, 2.75) is 56.7 Å². The lowest BCUT2D eigenvalue weighted by Crippen LogP contribution is -2.48. The zero-order valence-corrected chi connectivity index (χ0v) is 12.2. The van der Waals surface area contributed by atoms with E-state index in [4.69, 9.17) is 0 Å². The van der Waals surface area contributed by atoms with Crippen molar-refractivity contribution in [3.63, 3.8) is 0 Å². The smallest absolute Gasteiger partial charge is 0.224 e. The molecule has 104 valence electrons. The normalized spacial score (nSPS) is 33.1. The van der Waals surface area contributed by atoms with Crippen LogP contribution in [0.25, 0.3) is 0 Å². The lowest BCUT2D eigenvalue weighted by Gasteiger charge is -2.33. The first-order valence-corrected chi connectivity index (χ1v) is 8.49. The zero-order chi connectivity index (χ0) is 12.8. The number of thioether (sulfide) groups is 1. The van der Waals surface area contributed by atoms with Crippen molar-refractivity contribution >= 4 is 17.7 Å². The molecule has 1 heterocycles. The lowest BCUT2D eigenvalue weighted by atomic mass is 9.93. The molecular weight excluding hydrogens is 244 g/mol. The van der Waals surface area contributed by atoms with Crippen molar-refractivity contribution in [1.82, 2.24) is 10.6 Å². The summed E-state index contributed by atoms with van der Waals surface area (Å²) in [6.45, 7) is 4.15. The molecule has 3 atom stereocenters. The maximum Gasteiger partial charge on any atom is 0.224 e. The third-order valence-corrected chi connectivity index (χ3v) is 5.40. The minimum absolute atomic E-state index is 0.202. The zero-order valence-electron chi connectivity index (χ0n) is 11.4. The molecule has 0 radical (unpaired) electrons. The average molecular weight is 270 g/mol. The fourth-order valence-electron chi connectivity index (χ4n) is 3.05. The molecule has 0 aromatic rings. The fourth-order valence-corrected chi connectivity index (χ4v) is 4.25. The van der Waals surface area contributed by atoms with Gasteiger partial charge in [0.25, 0.3) is 0 Å². The molecule has 2 aliphatic rings. The predicted molar refractivity (Wildman–Crippen MR) is 77.9 cm³/mol. The number of carbonyl (C=O) groups is 1. The van der Waals surface area contributed by atoms with Crippen LogP contribution in [0.3, 0.4) is 0 Å². The van der Waals surface area contributed by atoms with E-state index < -0.39 is 0 Å². The summed E-state index contributed by atoms with van der Waals surface area (Å²) in [5, 5.41) is 7.29. The van der Waals surface area contributed by atoms with Crippen molar-refractivity contribution in [3.8, 4) is 0 Å². The van der Waals surface area contributed by atoms with Gasteiger partial charge in [0.05, 0.1) is 5.92 Å². The first-order chi connectivity index (χ1) is 8.81. The molecule has 1 saturated carbocycles. The van der Waals surface area contributed by atoms with Crippen LogP contribution >= 0.6 is 11.8 Å². The molecule has 4 heteroatoms. The Morgan fingerprint density at radius 3 is 2.83 bits per heavy atom. The molecule has 1 aliphatic carbocycles. The van der Waals surface area contributed by atoms with E-state index >= 15 is 0 Å². The van der Waals surface area contributed by atoms with Crippen LogP contribution in [0.15, 0.2) is 0 Å². The highest BCUT2D eigenvalue weighted by atomic mass is 32.2. The molecule has 2 rings (SSSR count). The Morgan fingerprint density at radius 1 is 1.28 bits per heavy atom. The largest absolute Gasteiger partial charge is 0.352 e. The molecule has 2 fully saturated rings. The molecule has 3 unspecified atom stereocenters. The maximum atomic E-state index is 12.3. The van der Waals surface area contributed by atoms with E-state index in [-0.39, 0.29) is 11.8 Å². The van der Waals surface area contributed by atoms with Gasteiger partial charge in [-0.05, 0) is 38.0 Å². The van der Waals surface area contributed by atoms with E-state index in [2.05, 4.69) is 17.6 Å². The van der Waals surface area contributed by atoms with Gasteiger partial charge < -0.3 is 10.6 Å². The Bertz CT molecular complexity index is 265. The topological polar surface area (TPSA) is 41.1 Å². The van der Waals surface area contributed by atoms with Gasteiger partial charge in [0.15, 0.2) is 0 Å². The summed E-state index contributed by atoms with van der Waals surface area (Å²) in [5.41, 5.74) is 0. The fraction of sp³-hybridized carbons (Fsp3) is 0.929. The van der Waals surface area contributed by atoms with E-state index in [0.717, 1.165) is 31.7 Å². The van der Waals surface area contributed by atoms with Gasteiger partial charge in [-0.1, -0.05) is 19.8 Å². The van der Waals surface area contributed by atoms with E-state index in [1.54, 1.807) is 0 Å². The highest BCUT2D eigenvalue weighted by molar-refractivity contribution is 7.99. The number of hydrogen-bond donors (Lipinski definition) is 2. The molecule has 18 heavy (non-hydrogen) atoms. The van der Waals surface area contributed by atoms with Gasteiger partial charge in [-0.25, -0.2) is 0 Å². The number of piperidine rings is 1. The van der Waals surface area contributed by atoms with Crippen LogP contribution in [-0.2, 0) is 4.79 Å². The second-order valence-electron chi connectivity index (χ2n) is 5.44. The molecule has 2 N–H and O–H groups in total. The lowest BCUT2D eigenvalue weighted by molar-refractivity contribution is -0.126. The predicted octanol–water partition coefficient (Wildman–Crippen LogP) is 2.17. The summed E-state index contributed by atoms with van der Waals surface area (Å²) in [4.78, 5) is 12.3. The summed E-state index contributed by atoms with van der Waals surface area (Å²) in [5.74, 6) is 1.64. The van der Waals surface area contributed by atoms with E-state index in [0.29, 0.717) is 11.3 Å². The summed E-state index contributed by atoms with van der Waals surface area (Å²) in [6.07, 6.45) is 7.23.